The highest BCUT2D eigenvalue weighted by Gasteiger charge is 2.49. The van der Waals surface area contributed by atoms with Crippen molar-refractivity contribution in [2.24, 2.45) is 23.7 Å². The van der Waals surface area contributed by atoms with Crippen molar-refractivity contribution in [1.82, 2.24) is 10.2 Å². The molecule has 6 heteroatoms. The van der Waals surface area contributed by atoms with Gasteiger partial charge in [-0.1, -0.05) is 25.5 Å². The SMILES string of the molecule is COC(=O)C1CC2CCC(C)CC2C1NC(=O)CN1CCN(c2cccc(C)c2C)CC1. The molecular weight excluding hydrogens is 402 g/mol. The van der Waals surface area contributed by atoms with E-state index in [-0.39, 0.29) is 23.8 Å². The molecule has 1 aromatic carbocycles. The molecule has 1 heterocycles. The molecule has 0 radical (unpaired) electrons. The Morgan fingerprint density at radius 1 is 1.09 bits per heavy atom. The summed E-state index contributed by atoms with van der Waals surface area (Å²) < 4.78 is 5.09. The van der Waals surface area contributed by atoms with Gasteiger partial charge in [0.2, 0.25) is 5.91 Å². The first-order valence-corrected chi connectivity index (χ1v) is 12.3. The lowest BCUT2D eigenvalue weighted by atomic mass is 9.75. The zero-order valence-electron chi connectivity index (χ0n) is 20.1. The van der Waals surface area contributed by atoms with Gasteiger partial charge in [-0.05, 0) is 68.1 Å². The summed E-state index contributed by atoms with van der Waals surface area (Å²) in [7, 11) is 1.46. The van der Waals surface area contributed by atoms with Crippen molar-refractivity contribution in [3.05, 3.63) is 29.3 Å². The van der Waals surface area contributed by atoms with Gasteiger partial charge in [-0.15, -0.1) is 0 Å². The minimum Gasteiger partial charge on any atom is -0.469 e. The van der Waals surface area contributed by atoms with Gasteiger partial charge in [-0.2, -0.15) is 0 Å². The van der Waals surface area contributed by atoms with Gasteiger partial charge in [0.15, 0.2) is 0 Å². The molecule has 176 valence electrons. The highest BCUT2D eigenvalue weighted by molar-refractivity contribution is 5.80. The lowest BCUT2D eigenvalue weighted by molar-refractivity contribution is -0.146. The van der Waals surface area contributed by atoms with E-state index in [0.29, 0.717) is 24.3 Å². The topological polar surface area (TPSA) is 61.9 Å². The van der Waals surface area contributed by atoms with Gasteiger partial charge in [0, 0.05) is 37.9 Å². The summed E-state index contributed by atoms with van der Waals surface area (Å²) in [5, 5.41) is 3.28. The molecule has 5 unspecified atom stereocenters. The summed E-state index contributed by atoms with van der Waals surface area (Å²) in [5.74, 6) is 1.26. The number of aryl methyl sites for hydroxylation is 1. The Labute approximate surface area is 192 Å². The van der Waals surface area contributed by atoms with Gasteiger partial charge in [0.25, 0.3) is 0 Å². The van der Waals surface area contributed by atoms with E-state index in [4.69, 9.17) is 4.74 Å². The van der Waals surface area contributed by atoms with Crippen molar-refractivity contribution in [1.29, 1.82) is 0 Å². The van der Waals surface area contributed by atoms with Crippen LogP contribution >= 0.6 is 0 Å². The Kier molecular flexibility index (Phi) is 7.08. The number of hydrogen-bond acceptors (Lipinski definition) is 5. The van der Waals surface area contributed by atoms with Crippen molar-refractivity contribution in [3.63, 3.8) is 0 Å². The lowest BCUT2D eigenvalue weighted by Gasteiger charge is -2.37. The Morgan fingerprint density at radius 2 is 1.84 bits per heavy atom. The molecular formula is C26H39N3O3. The van der Waals surface area contributed by atoms with Crippen molar-refractivity contribution in [2.75, 3.05) is 44.7 Å². The molecule has 1 saturated heterocycles. The van der Waals surface area contributed by atoms with Crippen LogP contribution in [0.2, 0.25) is 0 Å². The molecule has 0 aromatic heterocycles. The Balaban J connectivity index is 1.34. The molecule has 1 aromatic rings. The molecule has 4 rings (SSSR count). The van der Waals surface area contributed by atoms with Crippen molar-refractivity contribution in [3.8, 4) is 0 Å². The summed E-state index contributed by atoms with van der Waals surface area (Å²) in [6.07, 6.45) is 4.33. The van der Waals surface area contributed by atoms with E-state index in [1.165, 1.54) is 30.3 Å². The highest BCUT2D eigenvalue weighted by atomic mass is 16.5. The van der Waals surface area contributed by atoms with E-state index < -0.39 is 0 Å². The van der Waals surface area contributed by atoms with Crippen LogP contribution in [0.5, 0.6) is 0 Å². The van der Waals surface area contributed by atoms with Crippen LogP contribution in [0.3, 0.4) is 0 Å². The number of nitrogens with one attached hydrogen (secondary N) is 1. The third-order valence-corrected chi connectivity index (χ3v) is 8.25. The van der Waals surface area contributed by atoms with Crippen LogP contribution in [-0.2, 0) is 14.3 Å². The van der Waals surface area contributed by atoms with E-state index in [2.05, 4.69) is 54.1 Å². The number of anilines is 1. The first kappa shape index (κ1) is 23.1. The second-order valence-corrected chi connectivity index (χ2v) is 10.3. The first-order valence-electron chi connectivity index (χ1n) is 12.3. The molecule has 0 bridgehead atoms. The maximum absolute atomic E-state index is 13.0. The lowest BCUT2D eigenvalue weighted by Crippen LogP contribution is -2.52. The second kappa shape index (κ2) is 9.82. The number of amides is 1. The normalized spacial score (nSPS) is 30.6. The number of methoxy groups -OCH3 is 1. The number of esters is 1. The number of hydrogen-bond donors (Lipinski definition) is 1. The summed E-state index contributed by atoms with van der Waals surface area (Å²) in [5.41, 5.74) is 3.96. The van der Waals surface area contributed by atoms with Gasteiger partial charge in [0.05, 0.1) is 19.6 Å². The third kappa shape index (κ3) is 4.80. The standard InChI is InChI=1S/C26H39N3O3/c1-17-8-9-20-15-22(26(31)32-4)25(21(20)14-17)27-24(30)16-28-10-12-29(13-11-28)23-7-5-6-18(2)19(23)3/h5-7,17,20-22,25H,8-16H2,1-4H3,(H,27,30). The number of nitrogens with zero attached hydrogens (tertiary/aromatic N) is 2. The summed E-state index contributed by atoms with van der Waals surface area (Å²) in [6.45, 7) is 10.6. The van der Waals surface area contributed by atoms with Gasteiger partial charge in [-0.25, -0.2) is 0 Å². The fraction of sp³-hybridized carbons (Fsp3) is 0.692. The number of ether oxygens (including phenoxy) is 1. The van der Waals surface area contributed by atoms with E-state index in [1.807, 2.05) is 0 Å². The molecule has 1 amide bonds. The van der Waals surface area contributed by atoms with E-state index in [0.717, 1.165) is 45.4 Å². The molecule has 1 aliphatic heterocycles. The smallest absolute Gasteiger partial charge is 0.310 e. The maximum Gasteiger partial charge on any atom is 0.310 e. The quantitative estimate of drug-likeness (QED) is 0.712. The largest absolute Gasteiger partial charge is 0.469 e. The molecule has 32 heavy (non-hydrogen) atoms. The van der Waals surface area contributed by atoms with E-state index >= 15 is 0 Å². The van der Waals surface area contributed by atoms with Crippen molar-refractivity contribution < 1.29 is 14.3 Å². The summed E-state index contributed by atoms with van der Waals surface area (Å²) in [6, 6.07) is 6.39. The molecule has 2 aliphatic carbocycles. The van der Waals surface area contributed by atoms with Gasteiger partial charge in [0.1, 0.15) is 0 Å². The summed E-state index contributed by atoms with van der Waals surface area (Å²) in [4.78, 5) is 30.1. The number of carbonyl (C=O) groups is 2. The first-order chi connectivity index (χ1) is 15.4. The van der Waals surface area contributed by atoms with Gasteiger partial charge >= 0.3 is 5.97 Å². The summed E-state index contributed by atoms with van der Waals surface area (Å²) >= 11 is 0. The Hall–Kier alpha value is -2.08. The molecule has 3 fully saturated rings. The fourth-order valence-corrected chi connectivity index (χ4v) is 6.25. The van der Waals surface area contributed by atoms with Crippen LogP contribution in [-0.4, -0.2) is 62.7 Å². The fourth-order valence-electron chi connectivity index (χ4n) is 6.25. The zero-order chi connectivity index (χ0) is 22.8. The van der Waals surface area contributed by atoms with E-state index in [1.54, 1.807) is 0 Å². The molecule has 1 N–H and O–H groups in total. The second-order valence-electron chi connectivity index (χ2n) is 10.3. The molecule has 3 aliphatic rings. The van der Waals surface area contributed by atoms with Crippen LogP contribution in [0, 0.1) is 37.5 Å². The molecule has 6 nitrogen and oxygen atoms in total. The van der Waals surface area contributed by atoms with Gasteiger partial charge < -0.3 is 15.0 Å². The van der Waals surface area contributed by atoms with Crippen LogP contribution < -0.4 is 10.2 Å². The monoisotopic (exact) mass is 441 g/mol. The van der Waals surface area contributed by atoms with Crippen LogP contribution in [0.1, 0.15) is 43.7 Å². The minimum absolute atomic E-state index is 0.0444. The average molecular weight is 442 g/mol. The highest BCUT2D eigenvalue weighted by Crippen LogP contribution is 2.47. The van der Waals surface area contributed by atoms with Crippen LogP contribution in [0.15, 0.2) is 18.2 Å². The molecule has 5 atom stereocenters. The molecule has 2 saturated carbocycles. The number of rotatable bonds is 5. The number of fused-ring (bicyclic) bond motifs is 1. The van der Waals surface area contributed by atoms with E-state index in [9.17, 15) is 9.59 Å². The predicted octanol–water partition coefficient (Wildman–Crippen LogP) is 3.16. The third-order valence-electron chi connectivity index (χ3n) is 8.25. The predicted molar refractivity (Wildman–Crippen MR) is 127 cm³/mol. The zero-order valence-corrected chi connectivity index (χ0v) is 20.1. The Bertz CT molecular complexity index is 834. The molecule has 0 spiro atoms. The average Bonchev–Trinajstić information content (AvgIpc) is 3.13. The van der Waals surface area contributed by atoms with Gasteiger partial charge in [-0.3, -0.25) is 14.5 Å². The van der Waals surface area contributed by atoms with Crippen molar-refractivity contribution >= 4 is 17.6 Å². The number of benzene rings is 1. The van der Waals surface area contributed by atoms with Crippen molar-refractivity contribution in [2.45, 2.75) is 52.5 Å². The van der Waals surface area contributed by atoms with Crippen LogP contribution in [0.25, 0.3) is 0 Å². The minimum atomic E-state index is -0.203. The van der Waals surface area contributed by atoms with Crippen LogP contribution in [0.4, 0.5) is 5.69 Å². The number of piperazine rings is 1. The Morgan fingerprint density at radius 3 is 2.56 bits per heavy atom. The number of carbonyl (C=O) groups excluding carboxylic acids is 2. The maximum atomic E-state index is 13.0.